The topological polar surface area (TPSA) is 53.5 Å². The van der Waals surface area contributed by atoms with Crippen LogP contribution in [0.4, 0.5) is 4.39 Å². The van der Waals surface area contributed by atoms with Gasteiger partial charge in [-0.25, -0.2) is 4.39 Å². The first-order valence-electron chi connectivity index (χ1n) is 10.6. The lowest BCUT2D eigenvalue weighted by atomic mass is 9.79. The van der Waals surface area contributed by atoms with E-state index in [0.29, 0.717) is 19.4 Å². The monoisotopic (exact) mass is 431 g/mol. The van der Waals surface area contributed by atoms with E-state index in [2.05, 4.69) is 11.1 Å². The van der Waals surface area contributed by atoms with E-state index in [1.807, 2.05) is 30.3 Å². The summed E-state index contributed by atoms with van der Waals surface area (Å²) in [6.07, 6.45) is 4.54. The molecule has 2 aromatic carbocycles. The van der Waals surface area contributed by atoms with Crippen LogP contribution in [0.15, 0.2) is 73.1 Å². The molecule has 32 heavy (non-hydrogen) atoms. The number of hydrogen-bond donors (Lipinski definition) is 0. The normalized spacial score (nSPS) is 17.9. The van der Waals surface area contributed by atoms with Crippen LogP contribution >= 0.6 is 0 Å². The minimum Gasteiger partial charge on any atom is -0.348 e. The number of pyridine rings is 1. The molecule has 2 heterocycles. The summed E-state index contributed by atoms with van der Waals surface area (Å²) >= 11 is 0. The Kier molecular flexibility index (Phi) is 6.04. The highest BCUT2D eigenvalue weighted by atomic mass is 19.1. The van der Waals surface area contributed by atoms with Gasteiger partial charge in [-0.3, -0.25) is 14.6 Å². The molecule has 3 aromatic rings. The van der Waals surface area contributed by atoms with Crippen molar-refractivity contribution in [3.05, 3.63) is 90.0 Å². The van der Waals surface area contributed by atoms with Crippen molar-refractivity contribution in [1.82, 2.24) is 14.8 Å². The molecule has 0 saturated carbocycles. The number of amides is 2. The summed E-state index contributed by atoms with van der Waals surface area (Å²) in [5, 5.41) is 0. The fourth-order valence-corrected chi connectivity index (χ4v) is 4.52. The third kappa shape index (κ3) is 4.26. The largest absolute Gasteiger partial charge is 0.348 e. The Labute approximate surface area is 187 Å². The highest BCUT2D eigenvalue weighted by Crippen LogP contribution is 2.37. The Bertz CT molecular complexity index is 1130. The van der Waals surface area contributed by atoms with Gasteiger partial charge in [0.25, 0.3) is 5.91 Å². The first-order chi connectivity index (χ1) is 15.4. The summed E-state index contributed by atoms with van der Waals surface area (Å²) in [5.74, 6) is -0.934. The van der Waals surface area contributed by atoms with Gasteiger partial charge in [-0.1, -0.05) is 36.4 Å². The van der Waals surface area contributed by atoms with Gasteiger partial charge in [0.1, 0.15) is 5.82 Å². The molecule has 1 aliphatic rings. The molecule has 4 rings (SSSR count). The van der Waals surface area contributed by atoms with Crippen molar-refractivity contribution < 1.29 is 14.0 Å². The maximum Gasteiger partial charge on any atom is 0.256 e. The van der Waals surface area contributed by atoms with Crippen molar-refractivity contribution in [2.45, 2.75) is 12.8 Å². The van der Waals surface area contributed by atoms with Gasteiger partial charge in [-0.2, -0.15) is 0 Å². The lowest BCUT2D eigenvalue weighted by molar-refractivity contribution is -0.138. The molecule has 1 aromatic heterocycles. The molecule has 1 fully saturated rings. The van der Waals surface area contributed by atoms with Crippen molar-refractivity contribution in [2.75, 3.05) is 27.2 Å². The average molecular weight is 432 g/mol. The van der Waals surface area contributed by atoms with Crippen molar-refractivity contribution in [2.24, 2.45) is 5.41 Å². The standard InChI is InChI=1S/C26H26FN3O2/c1-29(2)25(32)26(12-15-30(18-26)24(31)22-8-3-4-9-23(22)27)17-19-6-5-7-21(16-19)20-10-13-28-14-11-20/h3-11,13-14,16H,12,15,17-18H2,1-2H3. The van der Waals surface area contributed by atoms with Crippen LogP contribution in [0.5, 0.6) is 0 Å². The Hall–Kier alpha value is -3.54. The molecular formula is C26H26FN3O2. The molecule has 1 atom stereocenters. The summed E-state index contributed by atoms with van der Waals surface area (Å²) in [4.78, 5) is 33.6. The molecule has 0 N–H and O–H groups in total. The van der Waals surface area contributed by atoms with Crippen LogP contribution in [0.3, 0.4) is 0 Å². The molecule has 1 unspecified atom stereocenters. The number of likely N-dealkylation sites (tertiary alicyclic amines) is 1. The summed E-state index contributed by atoms with van der Waals surface area (Å²) in [5.41, 5.74) is 2.42. The van der Waals surface area contributed by atoms with Gasteiger partial charge >= 0.3 is 0 Å². The lowest BCUT2D eigenvalue weighted by Gasteiger charge is -2.31. The van der Waals surface area contributed by atoms with Gasteiger partial charge in [0.2, 0.25) is 5.91 Å². The fraction of sp³-hybridized carbons (Fsp3) is 0.269. The van der Waals surface area contributed by atoms with Crippen molar-refractivity contribution in [3.63, 3.8) is 0 Å². The molecule has 5 nitrogen and oxygen atoms in total. The first-order valence-corrected chi connectivity index (χ1v) is 10.6. The Morgan fingerprint density at radius 2 is 1.78 bits per heavy atom. The fourth-order valence-electron chi connectivity index (χ4n) is 4.52. The van der Waals surface area contributed by atoms with E-state index in [4.69, 9.17) is 0 Å². The maximum absolute atomic E-state index is 14.2. The zero-order valence-electron chi connectivity index (χ0n) is 18.3. The Morgan fingerprint density at radius 3 is 2.50 bits per heavy atom. The number of halogens is 1. The number of carbonyl (C=O) groups is 2. The van der Waals surface area contributed by atoms with Crippen LogP contribution in [0, 0.1) is 11.2 Å². The van der Waals surface area contributed by atoms with E-state index >= 15 is 0 Å². The first kappa shape index (κ1) is 21.7. The number of nitrogens with zero attached hydrogens (tertiary/aromatic N) is 3. The lowest BCUT2D eigenvalue weighted by Crippen LogP contribution is -2.44. The Balaban J connectivity index is 1.62. The van der Waals surface area contributed by atoms with Crippen molar-refractivity contribution >= 4 is 11.8 Å². The molecule has 2 amide bonds. The van der Waals surface area contributed by atoms with E-state index < -0.39 is 11.2 Å². The maximum atomic E-state index is 14.2. The van der Waals surface area contributed by atoms with Gasteiger partial charge in [-0.05, 0) is 53.8 Å². The second-order valence-corrected chi connectivity index (χ2v) is 8.55. The number of rotatable bonds is 5. The van der Waals surface area contributed by atoms with Crippen LogP contribution in [0.2, 0.25) is 0 Å². The van der Waals surface area contributed by atoms with Gasteiger partial charge < -0.3 is 9.80 Å². The highest BCUT2D eigenvalue weighted by molar-refractivity contribution is 5.95. The van der Waals surface area contributed by atoms with E-state index in [9.17, 15) is 14.0 Å². The number of aromatic nitrogens is 1. The zero-order valence-corrected chi connectivity index (χ0v) is 18.3. The van der Waals surface area contributed by atoms with E-state index in [0.717, 1.165) is 16.7 Å². The molecule has 6 heteroatoms. The number of carbonyl (C=O) groups excluding carboxylic acids is 2. The second-order valence-electron chi connectivity index (χ2n) is 8.55. The van der Waals surface area contributed by atoms with E-state index in [1.54, 1.807) is 48.4 Å². The van der Waals surface area contributed by atoms with E-state index in [-0.39, 0.29) is 23.9 Å². The van der Waals surface area contributed by atoms with Crippen LogP contribution in [-0.4, -0.2) is 53.8 Å². The number of hydrogen-bond acceptors (Lipinski definition) is 3. The van der Waals surface area contributed by atoms with Gasteiger partial charge in [0.15, 0.2) is 0 Å². The van der Waals surface area contributed by atoms with Crippen molar-refractivity contribution in [1.29, 1.82) is 0 Å². The molecular weight excluding hydrogens is 405 g/mol. The molecule has 1 aliphatic heterocycles. The van der Waals surface area contributed by atoms with Crippen LogP contribution in [-0.2, 0) is 11.2 Å². The predicted octanol–water partition coefficient (Wildman–Crippen LogP) is 4.05. The third-order valence-corrected chi connectivity index (χ3v) is 6.09. The summed E-state index contributed by atoms with van der Waals surface area (Å²) in [6, 6.07) is 18.0. The van der Waals surface area contributed by atoms with Gasteiger partial charge in [-0.15, -0.1) is 0 Å². The third-order valence-electron chi connectivity index (χ3n) is 6.09. The van der Waals surface area contributed by atoms with Crippen LogP contribution in [0.1, 0.15) is 22.3 Å². The molecule has 0 bridgehead atoms. The minimum absolute atomic E-state index is 0.0179. The molecule has 164 valence electrons. The van der Waals surface area contributed by atoms with Gasteiger partial charge in [0, 0.05) is 39.6 Å². The summed E-state index contributed by atoms with van der Waals surface area (Å²) < 4.78 is 14.2. The smallest absolute Gasteiger partial charge is 0.256 e. The minimum atomic E-state index is -0.749. The molecule has 1 saturated heterocycles. The SMILES string of the molecule is CN(C)C(=O)C1(Cc2cccc(-c3ccncc3)c2)CCN(C(=O)c2ccccc2F)C1. The van der Waals surface area contributed by atoms with Crippen molar-refractivity contribution in [3.8, 4) is 11.1 Å². The molecule has 0 aliphatic carbocycles. The molecule has 0 spiro atoms. The second kappa shape index (κ2) is 8.91. The van der Waals surface area contributed by atoms with Crippen LogP contribution in [0.25, 0.3) is 11.1 Å². The summed E-state index contributed by atoms with van der Waals surface area (Å²) in [6.45, 7) is 0.674. The van der Waals surface area contributed by atoms with E-state index in [1.165, 1.54) is 12.1 Å². The Morgan fingerprint density at radius 1 is 1.03 bits per heavy atom. The molecule has 0 radical (unpaired) electrons. The average Bonchev–Trinajstić information content (AvgIpc) is 3.24. The number of benzene rings is 2. The highest BCUT2D eigenvalue weighted by Gasteiger charge is 2.47. The van der Waals surface area contributed by atoms with Gasteiger partial charge in [0.05, 0.1) is 11.0 Å². The summed E-state index contributed by atoms with van der Waals surface area (Å²) in [7, 11) is 3.47. The predicted molar refractivity (Wildman–Crippen MR) is 121 cm³/mol. The zero-order chi connectivity index (χ0) is 22.7. The quantitative estimate of drug-likeness (QED) is 0.612. The van der Waals surface area contributed by atoms with Crippen LogP contribution < -0.4 is 0 Å².